The van der Waals surface area contributed by atoms with E-state index in [0.29, 0.717) is 0 Å². The SMILES string of the molecule is CC(=O)c1cc2ccc1CCc1ccc(cc1)CC2. The van der Waals surface area contributed by atoms with Gasteiger partial charge in [0.25, 0.3) is 0 Å². The molecule has 4 bridgehead atoms. The summed E-state index contributed by atoms with van der Waals surface area (Å²) in [5.74, 6) is 0.183. The normalized spacial score (nSPS) is 13.9. The lowest BCUT2D eigenvalue weighted by molar-refractivity contribution is 0.101. The number of rotatable bonds is 1. The van der Waals surface area contributed by atoms with Gasteiger partial charge in [0, 0.05) is 5.56 Å². The molecular formula is C18H18O. The van der Waals surface area contributed by atoms with Gasteiger partial charge >= 0.3 is 0 Å². The van der Waals surface area contributed by atoms with Crippen LogP contribution in [0.1, 0.15) is 39.5 Å². The third-order valence-electron chi connectivity index (χ3n) is 3.96. The molecule has 96 valence electrons. The van der Waals surface area contributed by atoms with Crippen LogP contribution < -0.4 is 0 Å². The molecule has 0 saturated carbocycles. The maximum absolute atomic E-state index is 11.8. The third-order valence-corrected chi connectivity index (χ3v) is 3.96. The fraction of sp³-hybridized carbons (Fsp3) is 0.278. The van der Waals surface area contributed by atoms with Crippen LogP contribution in [0, 0.1) is 0 Å². The zero-order valence-corrected chi connectivity index (χ0v) is 11.3. The molecule has 1 heteroatoms. The molecule has 4 aliphatic rings. The number of hydrogen-bond donors (Lipinski definition) is 0. The van der Waals surface area contributed by atoms with Crippen molar-refractivity contribution >= 4 is 5.78 Å². The van der Waals surface area contributed by atoms with Crippen molar-refractivity contribution in [3.05, 3.63) is 70.3 Å². The van der Waals surface area contributed by atoms with Crippen molar-refractivity contribution in [2.45, 2.75) is 32.6 Å². The molecule has 1 nitrogen and oxygen atoms in total. The lowest BCUT2D eigenvalue weighted by atomic mass is 9.92. The molecule has 0 radical (unpaired) electrons. The molecule has 0 N–H and O–H groups in total. The smallest absolute Gasteiger partial charge is 0.160 e. The first kappa shape index (κ1) is 12.2. The zero-order chi connectivity index (χ0) is 13.2. The van der Waals surface area contributed by atoms with E-state index in [9.17, 15) is 4.79 Å². The Hall–Kier alpha value is -1.89. The maximum Gasteiger partial charge on any atom is 0.160 e. The number of carbonyl (C=O) groups is 1. The lowest BCUT2D eigenvalue weighted by Crippen LogP contribution is -2.05. The Morgan fingerprint density at radius 3 is 1.95 bits per heavy atom. The van der Waals surface area contributed by atoms with E-state index in [1.54, 1.807) is 6.92 Å². The fourth-order valence-corrected chi connectivity index (χ4v) is 2.77. The van der Waals surface area contributed by atoms with Gasteiger partial charge in [-0.3, -0.25) is 4.79 Å². The minimum Gasteiger partial charge on any atom is -0.295 e. The highest BCUT2D eigenvalue weighted by Crippen LogP contribution is 2.19. The lowest BCUT2D eigenvalue weighted by Gasteiger charge is -2.12. The second kappa shape index (κ2) is 5.00. The third kappa shape index (κ3) is 2.60. The first-order valence-corrected chi connectivity index (χ1v) is 6.93. The minimum absolute atomic E-state index is 0.183. The topological polar surface area (TPSA) is 17.1 Å². The Kier molecular flexibility index (Phi) is 3.20. The monoisotopic (exact) mass is 250 g/mol. The minimum atomic E-state index is 0.183. The van der Waals surface area contributed by atoms with E-state index < -0.39 is 0 Å². The summed E-state index contributed by atoms with van der Waals surface area (Å²) in [6.07, 6.45) is 3.98. The van der Waals surface area contributed by atoms with Crippen LogP contribution in [0.15, 0.2) is 42.5 Å². The largest absolute Gasteiger partial charge is 0.295 e. The predicted molar refractivity (Wildman–Crippen MR) is 77.7 cm³/mol. The van der Waals surface area contributed by atoms with Gasteiger partial charge in [-0.15, -0.1) is 0 Å². The Morgan fingerprint density at radius 2 is 1.32 bits per heavy atom. The molecule has 0 amide bonds. The Morgan fingerprint density at radius 1 is 0.789 bits per heavy atom. The van der Waals surface area contributed by atoms with Crippen molar-refractivity contribution in [2.24, 2.45) is 0 Å². The van der Waals surface area contributed by atoms with E-state index >= 15 is 0 Å². The quantitative estimate of drug-likeness (QED) is 0.704. The second-order valence-electron chi connectivity index (χ2n) is 5.36. The van der Waals surface area contributed by atoms with Gasteiger partial charge in [-0.2, -0.15) is 0 Å². The zero-order valence-electron chi connectivity index (χ0n) is 11.3. The van der Waals surface area contributed by atoms with Crippen molar-refractivity contribution in [3.8, 4) is 0 Å². The molecule has 6 rings (SSSR count). The fourth-order valence-electron chi connectivity index (χ4n) is 2.77. The molecule has 0 atom stereocenters. The summed E-state index contributed by atoms with van der Waals surface area (Å²) < 4.78 is 0. The molecule has 0 heterocycles. The molecule has 0 unspecified atom stereocenters. The standard InChI is InChI=1S/C18H18O/c1-13(19)18-12-16-7-6-14-2-4-15(5-3-14)8-10-17(18)11-9-16/h2-5,9,11-12H,6-8,10H2,1H3. The number of hydrogen-bond acceptors (Lipinski definition) is 1. The number of aryl methyl sites for hydroxylation is 4. The van der Waals surface area contributed by atoms with Gasteiger partial charge in [-0.1, -0.05) is 36.4 Å². The van der Waals surface area contributed by atoms with Crippen molar-refractivity contribution < 1.29 is 4.79 Å². The van der Waals surface area contributed by atoms with Gasteiger partial charge < -0.3 is 0 Å². The highest BCUT2D eigenvalue weighted by atomic mass is 16.1. The van der Waals surface area contributed by atoms with Gasteiger partial charge in [-0.25, -0.2) is 0 Å². The van der Waals surface area contributed by atoms with Crippen LogP contribution in [0.4, 0.5) is 0 Å². The molecule has 19 heavy (non-hydrogen) atoms. The summed E-state index contributed by atoms with van der Waals surface area (Å²) in [6.45, 7) is 1.67. The summed E-state index contributed by atoms with van der Waals surface area (Å²) in [7, 11) is 0. The maximum atomic E-state index is 11.8. The molecule has 0 saturated heterocycles. The average molecular weight is 250 g/mol. The van der Waals surface area contributed by atoms with Crippen LogP contribution in [-0.4, -0.2) is 5.78 Å². The van der Waals surface area contributed by atoms with Crippen LogP contribution in [0.2, 0.25) is 0 Å². The molecule has 4 aliphatic carbocycles. The highest BCUT2D eigenvalue weighted by Gasteiger charge is 2.10. The molecule has 2 aromatic rings. The van der Waals surface area contributed by atoms with Crippen LogP contribution in [-0.2, 0) is 25.7 Å². The van der Waals surface area contributed by atoms with E-state index in [0.717, 1.165) is 31.2 Å². The Balaban J connectivity index is 2.03. The van der Waals surface area contributed by atoms with E-state index in [4.69, 9.17) is 0 Å². The summed E-state index contributed by atoms with van der Waals surface area (Å²) in [5.41, 5.74) is 6.08. The number of carbonyl (C=O) groups excluding carboxylic acids is 1. The van der Waals surface area contributed by atoms with Gasteiger partial charge in [0.1, 0.15) is 0 Å². The first-order valence-electron chi connectivity index (χ1n) is 6.93. The van der Waals surface area contributed by atoms with Crippen molar-refractivity contribution in [3.63, 3.8) is 0 Å². The van der Waals surface area contributed by atoms with Crippen molar-refractivity contribution in [1.29, 1.82) is 0 Å². The average Bonchev–Trinajstić information content (AvgIpc) is 2.41. The van der Waals surface area contributed by atoms with Crippen LogP contribution in [0.3, 0.4) is 0 Å². The van der Waals surface area contributed by atoms with Gasteiger partial charge in [-0.05, 0) is 60.9 Å². The number of ketones is 1. The predicted octanol–water partition coefficient (Wildman–Crippen LogP) is 3.77. The van der Waals surface area contributed by atoms with E-state index in [2.05, 4.69) is 42.5 Å². The summed E-state index contributed by atoms with van der Waals surface area (Å²) >= 11 is 0. The Bertz CT molecular complexity index is 608. The molecular weight excluding hydrogens is 232 g/mol. The second-order valence-corrected chi connectivity index (χ2v) is 5.36. The van der Waals surface area contributed by atoms with Crippen molar-refractivity contribution in [1.82, 2.24) is 0 Å². The van der Waals surface area contributed by atoms with Gasteiger partial charge in [0.15, 0.2) is 5.78 Å². The van der Waals surface area contributed by atoms with Gasteiger partial charge in [0.2, 0.25) is 0 Å². The number of Topliss-reactive ketones (excluding diaryl/α,β-unsaturated/α-hetero) is 1. The van der Waals surface area contributed by atoms with Crippen LogP contribution in [0.5, 0.6) is 0 Å². The van der Waals surface area contributed by atoms with Crippen LogP contribution >= 0.6 is 0 Å². The first-order chi connectivity index (χ1) is 9.22. The number of benzene rings is 2. The van der Waals surface area contributed by atoms with Crippen LogP contribution in [0.25, 0.3) is 0 Å². The molecule has 0 fully saturated rings. The van der Waals surface area contributed by atoms with E-state index in [1.165, 1.54) is 22.3 Å². The Labute approximate surface area is 114 Å². The van der Waals surface area contributed by atoms with Gasteiger partial charge in [0.05, 0.1) is 0 Å². The summed E-state index contributed by atoms with van der Waals surface area (Å²) in [6, 6.07) is 15.3. The summed E-state index contributed by atoms with van der Waals surface area (Å²) in [4.78, 5) is 11.8. The molecule has 0 spiro atoms. The van der Waals surface area contributed by atoms with Crippen molar-refractivity contribution in [2.75, 3.05) is 0 Å². The van der Waals surface area contributed by atoms with E-state index in [1.807, 2.05) is 0 Å². The van der Waals surface area contributed by atoms with E-state index in [-0.39, 0.29) is 5.78 Å². The molecule has 2 aromatic carbocycles. The molecule has 0 aromatic heterocycles. The highest BCUT2D eigenvalue weighted by molar-refractivity contribution is 5.95. The molecule has 0 aliphatic heterocycles. The summed E-state index contributed by atoms with van der Waals surface area (Å²) in [5, 5.41) is 0.